The molecule has 1 fully saturated rings. The molecule has 4 rings (SSSR count). The summed E-state index contributed by atoms with van der Waals surface area (Å²) in [4.78, 5) is 26.3. The molecule has 1 saturated heterocycles. The van der Waals surface area contributed by atoms with Gasteiger partial charge in [0.25, 0.3) is 5.56 Å². The van der Waals surface area contributed by atoms with Gasteiger partial charge in [0.1, 0.15) is 5.82 Å². The number of para-hydroxylation sites is 1. The highest BCUT2D eigenvalue weighted by atomic mass is 19.1. The summed E-state index contributed by atoms with van der Waals surface area (Å²) in [5, 5.41) is 2.65. The molecule has 3 heterocycles. The van der Waals surface area contributed by atoms with Crippen molar-refractivity contribution in [1.82, 2.24) is 9.47 Å². The fourth-order valence-corrected chi connectivity index (χ4v) is 3.82. The summed E-state index contributed by atoms with van der Waals surface area (Å²) in [5.41, 5.74) is 1.20. The van der Waals surface area contributed by atoms with Crippen LogP contribution in [-0.4, -0.2) is 28.6 Å². The van der Waals surface area contributed by atoms with E-state index in [1.54, 1.807) is 35.2 Å². The van der Waals surface area contributed by atoms with Crippen molar-refractivity contribution in [3.05, 3.63) is 64.3 Å². The number of aromatic nitrogens is 1. The lowest BCUT2D eigenvalue weighted by Crippen LogP contribution is -2.50. The van der Waals surface area contributed by atoms with Gasteiger partial charge in [-0.3, -0.25) is 4.79 Å². The second-order valence-corrected chi connectivity index (χ2v) is 6.51. The van der Waals surface area contributed by atoms with Crippen LogP contribution in [0.25, 0.3) is 0 Å². The van der Waals surface area contributed by atoms with E-state index in [4.69, 9.17) is 0 Å². The van der Waals surface area contributed by atoms with E-state index in [0.29, 0.717) is 19.6 Å². The van der Waals surface area contributed by atoms with Crippen molar-refractivity contribution in [2.24, 2.45) is 5.92 Å². The average molecular weight is 327 g/mol. The molecule has 5 nitrogen and oxygen atoms in total. The molecule has 1 N–H and O–H groups in total. The Labute approximate surface area is 138 Å². The molecule has 2 atom stereocenters. The lowest BCUT2D eigenvalue weighted by atomic mass is 9.83. The SMILES string of the molecule is O=C(Nc1ccccc1F)N1C[C@H]2C[C@H](C1)c1cccc(=O)n1C2. The molecule has 0 saturated carbocycles. The number of pyridine rings is 1. The fourth-order valence-electron chi connectivity index (χ4n) is 3.82. The van der Waals surface area contributed by atoms with Crippen LogP contribution in [0.2, 0.25) is 0 Å². The number of likely N-dealkylation sites (tertiary alicyclic amines) is 1. The number of hydrogen-bond acceptors (Lipinski definition) is 2. The zero-order valence-electron chi connectivity index (χ0n) is 13.1. The third-order valence-corrected chi connectivity index (χ3v) is 4.88. The molecule has 0 spiro atoms. The Bertz CT molecular complexity index is 848. The van der Waals surface area contributed by atoms with Gasteiger partial charge in [-0.1, -0.05) is 18.2 Å². The van der Waals surface area contributed by atoms with Crippen LogP contribution in [-0.2, 0) is 6.54 Å². The number of anilines is 1. The van der Waals surface area contributed by atoms with Crippen LogP contribution in [0.15, 0.2) is 47.3 Å². The summed E-state index contributed by atoms with van der Waals surface area (Å²) in [6, 6.07) is 11.2. The molecule has 124 valence electrons. The van der Waals surface area contributed by atoms with Crippen molar-refractivity contribution in [2.45, 2.75) is 18.9 Å². The van der Waals surface area contributed by atoms with E-state index < -0.39 is 5.82 Å². The number of carbonyl (C=O) groups is 1. The molecule has 24 heavy (non-hydrogen) atoms. The maximum atomic E-state index is 13.7. The summed E-state index contributed by atoms with van der Waals surface area (Å²) >= 11 is 0. The fraction of sp³-hybridized carbons (Fsp3) is 0.333. The molecule has 0 unspecified atom stereocenters. The quantitative estimate of drug-likeness (QED) is 0.875. The largest absolute Gasteiger partial charge is 0.324 e. The molecule has 2 aliphatic rings. The molecule has 0 aliphatic carbocycles. The van der Waals surface area contributed by atoms with Crippen LogP contribution in [0.5, 0.6) is 0 Å². The molecular weight excluding hydrogens is 309 g/mol. The number of hydrogen-bond donors (Lipinski definition) is 1. The zero-order valence-corrected chi connectivity index (χ0v) is 13.1. The molecule has 2 aliphatic heterocycles. The third kappa shape index (κ3) is 2.58. The molecule has 2 amide bonds. The lowest BCUT2D eigenvalue weighted by molar-refractivity contribution is 0.139. The Hall–Kier alpha value is -2.63. The summed E-state index contributed by atoms with van der Waals surface area (Å²) < 4.78 is 15.5. The number of fused-ring (bicyclic) bond motifs is 4. The van der Waals surface area contributed by atoms with Crippen LogP contribution in [0.1, 0.15) is 18.0 Å². The van der Waals surface area contributed by atoms with E-state index in [0.717, 1.165) is 12.1 Å². The van der Waals surface area contributed by atoms with Gasteiger partial charge in [0.2, 0.25) is 0 Å². The highest BCUT2D eigenvalue weighted by Crippen LogP contribution is 2.35. The Morgan fingerprint density at radius 3 is 2.75 bits per heavy atom. The first kappa shape index (κ1) is 14.9. The summed E-state index contributed by atoms with van der Waals surface area (Å²) in [5.74, 6) is -0.0413. The van der Waals surface area contributed by atoms with Gasteiger partial charge in [0.05, 0.1) is 5.69 Å². The monoisotopic (exact) mass is 327 g/mol. The minimum Gasteiger partial charge on any atom is -0.324 e. The van der Waals surface area contributed by atoms with Gasteiger partial charge in [-0.25, -0.2) is 9.18 Å². The van der Waals surface area contributed by atoms with Gasteiger partial charge in [0.15, 0.2) is 0 Å². The van der Waals surface area contributed by atoms with Crippen molar-refractivity contribution in [3.63, 3.8) is 0 Å². The van der Waals surface area contributed by atoms with E-state index in [1.165, 1.54) is 6.07 Å². The van der Waals surface area contributed by atoms with E-state index in [1.807, 2.05) is 10.6 Å². The molecule has 1 aromatic heterocycles. The van der Waals surface area contributed by atoms with Gasteiger partial charge >= 0.3 is 6.03 Å². The maximum absolute atomic E-state index is 13.7. The minimum atomic E-state index is -0.444. The smallest absolute Gasteiger partial charge is 0.321 e. The maximum Gasteiger partial charge on any atom is 0.321 e. The summed E-state index contributed by atoms with van der Waals surface area (Å²) in [6.45, 7) is 1.76. The minimum absolute atomic E-state index is 0.0199. The molecule has 2 bridgehead atoms. The Kier molecular flexibility index (Phi) is 3.59. The second kappa shape index (κ2) is 5.78. The van der Waals surface area contributed by atoms with E-state index >= 15 is 0 Å². The zero-order chi connectivity index (χ0) is 16.7. The molecule has 2 aromatic rings. The highest BCUT2D eigenvalue weighted by molar-refractivity contribution is 5.89. The number of urea groups is 1. The van der Waals surface area contributed by atoms with Crippen LogP contribution < -0.4 is 10.9 Å². The third-order valence-electron chi connectivity index (χ3n) is 4.88. The van der Waals surface area contributed by atoms with E-state index in [9.17, 15) is 14.0 Å². The van der Waals surface area contributed by atoms with Crippen molar-refractivity contribution < 1.29 is 9.18 Å². The number of rotatable bonds is 1. The molecule has 1 aromatic carbocycles. The van der Waals surface area contributed by atoms with E-state index in [-0.39, 0.29) is 29.1 Å². The number of piperidine rings is 1. The van der Waals surface area contributed by atoms with Crippen LogP contribution in [0.4, 0.5) is 14.9 Å². The number of nitrogens with zero attached hydrogens (tertiary/aromatic N) is 2. The lowest BCUT2D eigenvalue weighted by Gasteiger charge is -2.42. The predicted molar refractivity (Wildman–Crippen MR) is 88.5 cm³/mol. The number of carbonyl (C=O) groups excluding carboxylic acids is 1. The first-order chi connectivity index (χ1) is 11.6. The van der Waals surface area contributed by atoms with Crippen molar-refractivity contribution in [3.8, 4) is 0 Å². The first-order valence-corrected chi connectivity index (χ1v) is 8.12. The number of nitrogens with one attached hydrogen (secondary N) is 1. The number of benzene rings is 1. The van der Waals surface area contributed by atoms with Crippen molar-refractivity contribution in [2.75, 3.05) is 18.4 Å². The molecule has 0 radical (unpaired) electrons. The van der Waals surface area contributed by atoms with Crippen LogP contribution in [0, 0.1) is 11.7 Å². The highest BCUT2D eigenvalue weighted by Gasteiger charge is 2.36. The topological polar surface area (TPSA) is 54.3 Å². The average Bonchev–Trinajstić information content (AvgIpc) is 2.58. The Morgan fingerprint density at radius 1 is 1.08 bits per heavy atom. The van der Waals surface area contributed by atoms with Gasteiger partial charge in [-0.2, -0.15) is 0 Å². The standard InChI is InChI=1S/C18H18FN3O2/c19-14-4-1-2-5-15(14)20-18(24)21-9-12-8-13(11-21)16-6-3-7-17(23)22(16)10-12/h1-7,12-13H,8-11H2,(H,20,24)/t12-,13-/m1/s1. The number of halogens is 1. The van der Waals surface area contributed by atoms with Gasteiger partial charge in [-0.15, -0.1) is 0 Å². The second-order valence-electron chi connectivity index (χ2n) is 6.51. The molecule has 6 heteroatoms. The van der Waals surface area contributed by atoms with Crippen molar-refractivity contribution >= 4 is 11.7 Å². The van der Waals surface area contributed by atoms with E-state index in [2.05, 4.69) is 5.32 Å². The van der Waals surface area contributed by atoms with Crippen LogP contribution in [0.3, 0.4) is 0 Å². The van der Waals surface area contributed by atoms with Gasteiger partial charge < -0.3 is 14.8 Å². The van der Waals surface area contributed by atoms with Crippen molar-refractivity contribution in [1.29, 1.82) is 0 Å². The van der Waals surface area contributed by atoms with Gasteiger partial charge in [0, 0.05) is 37.3 Å². The number of amides is 2. The first-order valence-electron chi connectivity index (χ1n) is 8.12. The summed E-state index contributed by atoms with van der Waals surface area (Å²) in [6.07, 6.45) is 0.979. The normalized spacial score (nSPS) is 22.0. The Morgan fingerprint density at radius 2 is 1.92 bits per heavy atom. The van der Waals surface area contributed by atoms with Crippen LogP contribution >= 0.6 is 0 Å². The summed E-state index contributed by atoms with van der Waals surface area (Å²) in [7, 11) is 0. The predicted octanol–water partition coefficient (Wildman–Crippen LogP) is 2.64. The van der Waals surface area contributed by atoms with Gasteiger partial charge in [-0.05, 0) is 30.5 Å². The Balaban J connectivity index is 1.55. The molecular formula is C18H18FN3O2.